The predicted octanol–water partition coefficient (Wildman–Crippen LogP) is 2.58. The van der Waals surface area contributed by atoms with Crippen molar-refractivity contribution in [2.45, 2.75) is 6.18 Å². The molecule has 0 aliphatic rings. The van der Waals surface area contributed by atoms with Crippen molar-refractivity contribution >= 4 is 29.2 Å². The Bertz CT molecular complexity index is 488. The summed E-state index contributed by atoms with van der Waals surface area (Å²) in [7, 11) is 0. The van der Waals surface area contributed by atoms with Gasteiger partial charge in [-0.1, -0.05) is 0 Å². The van der Waals surface area contributed by atoms with Crippen molar-refractivity contribution in [3.8, 4) is 0 Å². The van der Waals surface area contributed by atoms with Gasteiger partial charge in [0.2, 0.25) is 5.91 Å². The van der Waals surface area contributed by atoms with Crippen LogP contribution in [0.5, 0.6) is 0 Å². The van der Waals surface area contributed by atoms with Crippen LogP contribution in [0.25, 0.3) is 0 Å². The van der Waals surface area contributed by atoms with Crippen molar-refractivity contribution in [1.82, 2.24) is 0 Å². The molecule has 1 aromatic rings. The summed E-state index contributed by atoms with van der Waals surface area (Å²) in [5, 5.41) is 10.6. The molecule has 0 unspecified atom stereocenters. The number of anilines is 1. The predicted molar refractivity (Wildman–Crippen MR) is 57.8 cm³/mol. The Kier molecular flexibility index (Phi) is 4.18. The molecule has 18 heavy (non-hydrogen) atoms. The average Bonchev–Trinajstić information content (AvgIpc) is 2.27. The third-order valence-electron chi connectivity index (χ3n) is 1.97. The Morgan fingerprint density at radius 2 is 1.94 bits per heavy atom. The lowest BCUT2D eigenvalue weighted by Crippen LogP contribution is -2.18. The van der Waals surface area contributed by atoms with Gasteiger partial charge in [0.05, 0.1) is 16.8 Å². The first-order chi connectivity index (χ1) is 8.25. The molecule has 8 heteroatoms. The summed E-state index contributed by atoms with van der Waals surface area (Å²) < 4.78 is 37.8. The minimum atomic E-state index is -4.70. The first-order valence-electron chi connectivity index (χ1n) is 4.56. The van der Waals surface area contributed by atoms with Gasteiger partial charge in [0.25, 0.3) is 0 Å². The summed E-state index contributed by atoms with van der Waals surface area (Å²) in [6.07, 6.45) is -4.70. The molecule has 98 valence electrons. The summed E-state index contributed by atoms with van der Waals surface area (Å²) in [5.74, 6) is -2.79. The van der Waals surface area contributed by atoms with E-state index >= 15 is 0 Å². The van der Waals surface area contributed by atoms with E-state index in [0.29, 0.717) is 6.07 Å². The molecule has 0 saturated carbocycles. The van der Waals surface area contributed by atoms with Crippen LogP contribution < -0.4 is 5.32 Å². The molecule has 1 rings (SSSR count). The molecule has 0 fully saturated rings. The summed E-state index contributed by atoms with van der Waals surface area (Å²) in [5.41, 5.74) is -2.13. The summed E-state index contributed by atoms with van der Waals surface area (Å²) in [6, 6.07) is 2.13. The molecule has 0 heterocycles. The minimum Gasteiger partial charge on any atom is -0.478 e. The molecule has 4 nitrogen and oxygen atoms in total. The van der Waals surface area contributed by atoms with E-state index in [1.165, 1.54) is 0 Å². The molecule has 0 radical (unpaired) electrons. The zero-order chi connectivity index (χ0) is 13.9. The van der Waals surface area contributed by atoms with Crippen LogP contribution in [0.15, 0.2) is 18.2 Å². The van der Waals surface area contributed by atoms with Crippen molar-refractivity contribution in [3.05, 3.63) is 29.3 Å². The molecule has 2 N–H and O–H groups in total. The Hall–Kier alpha value is -1.76. The highest BCUT2D eigenvalue weighted by Gasteiger charge is 2.34. The molecule has 1 amide bonds. The molecule has 0 spiro atoms. The van der Waals surface area contributed by atoms with Gasteiger partial charge >= 0.3 is 12.1 Å². The van der Waals surface area contributed by atoms with Crippen molar-refractivity contribution in [3.63, 3.8) is 0 Å². The van der Waals surface area contributed by atoms with Gasteiger partial charge in [-0.2, -0.15) is 13.2 Å². The Balaban J connectivity index is 3.26. The van der Waals surface area contributed by atoms with E-state index in [1.807, 2.05) is 5.32 Å². The Labute approximate surface area is 104 Å². The third-order valence-corrected chi connectivity index (χ3v) is 2.21. The van der Waals surface area contributed by atoms with Crippen molar-refractivity contribution in [2.24, 2.45) is 0 Å². The lowest BCUT2D eigenvalue weighted by atomic mass is 10.1. The number of rotatable bonds is 3. The van der Waals surface area contributed by atoms with Gasteiger partial charge in [0, 0.05) is 0 Å². The SMILES string of the molecule is O=C(CCl)Nc1cc(C(=O)O)ccc1C(F)(F)F. The molecule has 0 aliphatic heterocycles. The van der Waals surface area contributed by atoms with E-state index in [1.54, 1.807) is 0 Å². The first-order valence-corrected chi connectivity index (χ1v) is 5.09. The average molecular weight is 282 g/mol. The van der Waals surface area contributed by atoms with E-state index in [9.17, 15) is 22.8 Å². The highest BCUT2D eigenvalue weighted by molar-refractivity contribution is 6.29. The van der Waals surface area contributed by atoms with Crippen molar-refractivity contribution < 1.29 is 27.9 Å². The maximum atomic E-state index is 12.6. The number of nitrogens with one attached hydrogen (secondary N) is 1. The van der Waals surface area contributed by atoms with E-state index < -0.39 is 35.2 Å². The number of amides is 1. The number of carboxylic acids is 1. The van der Waals surface area contributed by atoms with E-state index in [0.717, 1.165) is 12.1 Å². The molecular weight excluding hydrogens is 275 g/mol. The summed E-state index contributed by atoms with van der Waals surface area (Å²) in [6.45, 7) is 0. The second-order valence-electron chi connectivity index (χ2n) is 3.25. The van der Waals surface area contributed by atoms with Gasteiger partial charge in [-0.15, -0.1) is 11.6 Å². The smallest absolute Gasteiger partial charge is 0.418 e. The second-order valence-corrected chi connectivity index (χ2v) is 3.51. The highest BCUT2D eigenvalue weighted by atomic mass is 35.5. The van der Waals surface area contributed by atoms with E-state index in [2.05, 4.69) is 0 Å². The number of carbonyl (C=O) groups excluding carboxylic acids is 1. The zero-order valence-corrected chi connectivity index (χ0v) is 9.47. The van der Waals surface area contributed by atoms with Crippen LogP contribution in [0, 0.1) is 0 Å². The topological polar surface area (TPSA) is 66.4 Å². The lowest BCUT2D eigenvalue weighted by molar-refractivity contribution is -0.137. The Morgan fingerprint density at radius 1 is 1.33 bits per heavy atom. The molecule has 0 aromatic heterocycles. The minimum absolute atomic E-state index is 0.368. The van der Waals surface area contributed by atoms with Crippen molar-refractivity contribution in [1.29, 1.82) is 0 Å². The monoisotopic (exact) mass is 281 g/mol. The maximum absolute atomic E-state index is 12.6. The van der Waals surface area contributed by atoms with Crippen LogP contribution >= 0.6 is 11.6 Å². The van der Waals surface area contributed by atoms with Crippen LogP contribution in [0.1, 0.15) is 15.9 Å². The quantitative estimate of drug-likeness (QED) is 0.837. The number of alkyl halides is 4. The Morgan fingerprint density at radius 3 is 2.39 bits per heavy atom. The van der Waals surface area contributed by atoms with E-state index in [-0.39, 0.29) is 5.56 Å². The van der Waals surface area contributed by atoms with E-state index in [4.69, 9.17) is 16.7 Å². The van der Waals surface area contributed by atoms with Crippen LogP contribution in [0.4, 0.5) is 18.9 Å². The van der Waals surface area contributed by atoms with Crippen molar-refractivity contribution in [2.75, 3.05) is 11.2 Å². The van der Waals surface area contributed by atoms with Crippen LogP contribution in [0.2, 0.25) is 0 Å². The van der Waals surface area contributed by atoms with Gasteiger partial charge in [0.1, 0.15) is 5.88 Å². The number of benzene rings is 1. The van der Waals surface area contributed by atoms with Gasteiger partial charge in [0.15, 0.2) is 0 Å². The number of carboxylic acid groups (broad SMARTS) is 1. The number of carbonyl (C=O) groups is 2. The number of halogens is 4. The molecule has 0 aliphatic carbocycles. The highest BCUT2D eigenvalue weighted by Crippen LogP contribution is 2.35. The molecule has 0 saturated heterocycles. The normalized spacial score (nSPS) is 11.1. The lowest BCUT2D eigenvalue weighted by Gasteiger charge is -2.13. The molecular formula is C10H7ClF3NO3. The zero-order valence-electron chi connectivity index (χ0n) is 8.71. The largest absolute Gasteiger partial charge is 0.478 e. The fourth-order valence-corrected chi connectivity index (χ4v) is 1.28. The fourth-order valence-electron chi connectivity index (χ4n) is 1.21. The van der Waals surface area contributed by atoms with Crippen LogP contribution in [0.3, 0.4) is 0 Å². The van der Waals surface area contributed by atoms with Crippen LogP contribution in [-0.2, 0) is 11.0 Å². The van der Waals surface area contributed by atoms with Gasteiger partial charge < -0.3 is 10.4 Å². The van der Waals surface area contributed by atoms with Gasteiger partial charge in [-0.05, 0) is 18.2 Å². The third kappa shape index (κ3) is 3.36. The summed E-state index contributed by atoms with van der Waals surface area (Å²) >= 11 is 5.16. The fraction of sp³-hybridized carbons (Fsp3) is 0.200. The number of aromatic carboxylic acids is 1. The first kappa shape index (κ1) is 14.3. The van der Waals surface area contributed by atoms with Crippen LogP contribution in [-0.4, -0.2) is 22.9 Å². The molecule has 0 atom stereocenters. The second kappa shape index (κ2) is 5.26. The van der Waals surface area contributed by atoms with Gasteiger partial charge in [-0.3, -0.25) is 4.79 Å². The molecule has 0 bridgehead atoms. The maximum Gasteiger partial charge on any atom is 0.418 e. The number of hydrogen-bond acceptors (Lipinski definition) is 2. The number of hydrogen-bond donors (Lipinski definition) is 2. The molecule has 1 aromatic carbocycles. The van der Waals surface area contributed by atoms with Gasteiger partial charge in [-0.25, -0.2) is 4.79 Å². The standard InChI is InChI=1S/C10H7ClF3NO3/c11-4-8(16)15-7-3-5(9(17)18)1-2-6(7)10(12,13)14/h1-3H,4H2,(H,15,16)(H,17,18). The summed E-state index contributed by atoms with van der Waals surface area (Å²) in [4.78, 5) is 21.6.